The van der Waals surface area contributed by atoms with Gasteiger partial charge in [-0.1, -0.05) is 30.3 Å². The number of likely N-dealkylation sites (tertiary alicyclic amines) is 1. The lowest BCUT2D eigenvalue weighted by atomic mass is 9.97. The van der Waals surface area contributed by atoms with Gasteiger partial charge in [-0.15, -0.1) is 0 Å². The highest BCUT2D eigenvalue weighted by Crippen LogP contribution is 2.27. The molecule has 0 radical (unpaired) electrons. The van der Waals surface area contributed by atoms with E-state index >= 15 is 0 Å². The van der Waals surface area contributed by atoms with Gasteiger partial charge in [0.25, 0.3) is 11.6 Å². The SMILES string of the molecule is C[C@@H]1CCC[C@@H](C)N1C(=O)COC(=O)c1ccc(NCc2ccccc2)c([N+](=O)[O-])c1. The van der Waals surface area contributed by atoms with Gasteiger partial charge >= 0.3 is 5.97 Å². The van der Waals surface area contributed by atoms with Crippen molar-refractivity contribution in [2.45, 2.75) is 51.7 Å². The highest BCUT2D eigenvalue weighted by molar-refractivity contribution is 5.93. The number of amides is 1. The Morgan fingerprint density at radius 3 is 2.45 bits per heavy atom. The quantitative estimate of drug-likeness (QED) is 0.406. The predicted molar refractivity (Wildman–Crippen MR) is 117 cm³/mol. The average Bonchev–Trinajstić information content (AvgIpc) is 2.76. The molecule has 0 saturated carbocycles. The van der Waals surface area contributed by atoms with Crippen molar-refractivity contribution in [1.82, 2.24) is 4.90 Å². The molecular weight excluding hydrogens is 398 g/mol. The zero-order valence-corrected chi connectivity index (χ0v) is 17.7. The van der Waals surface area contributed by atoms with E-state index in [1.54, 1.807) is 4.90 Å². The lowest BCUT2D eigenvalue weighted by Crippen LogP contribution is -2.49. The van der Waals surface area contributed by atoms with Crippen LogP contribution in [0.4, 0.5) is 11.4 Å². The van der Waals surface area contributed by atoms with E-state index in [0.717, 1.165) is 24.8 Å². The van der Waals surface area contributed by atoms with Crippen LogP contribution in [0.3, 0.4) is 0 Å². The largest absolute Gasteiger partial charge is 0.452 e. The van der Waals surface area contributed by atoms with E-state index in [1.165, 1.54) is 18.2 Å². The van der Waals surface area contributed by atoms with Gasteiger partial charge in [0, 0.05) is 24.7 Å². The Morgan fingerprint density at radius 2 is 1.81 bits per heavy atom. The van der Waals surface area contributed by atoms with Gasteiger partial charge in [0.05, 0.1) is 10.5 Å². The minimum atomic E-state index is -0.761. The molecule has 1 N–H and O–H groups in total. The number of carbonyl (C=O) groups is 2. The van der Waals surface area contributed by atoms with E-state index in [1.807, 2.05) is 44.2 Å². The number of nitro benzene ring substituents is 1. The van der Waals surface area contributed by atoms with E-state index in [9.17, 15) is 19.7 Å². The van der Waals surface area contributed by atoms with Gasteiger partial charge in [-0.25, -0.2) is 4.79 Å². The van der Waals surface area contributed by atoms with E-state index in [0.29, 0.717) is 12.2 Å². The van der Waals surface area contributed by atoms with E-state index in [-0.39, 0.29) is 35.8 Å². The number of nitrogens with zero attached hydrogens (tertiary/aromatic N) is 2. The second-order valence-electron chi connectivity index (χ2n) is 7.83. The molecule has 1 saturated heterocycles. The first kappa shape index (κ1) is 22.3. The number of esters is 1. The van der Waals surface area contributed by atoms with Crippen LogP contribution in [0.5, 0.6) is 0 Å². The maximum atomic E-state index is 12.5. The van der Waals surface area contributed by atoms with Crippen LogP contribution >= 0.6 is 0 Å². The number of nitro groups is 1. The van der Waals surface area contributed by atoms with Crippen molar-refractivity contribution in [3.8, 4) is 0 Å². The standard InChI is InChI=1S/C23H27N3O5/c1-16-7-6-8-17(2)25(16)22(27)15-31-23(28)19-11-12-20(21(13-19)26(29)30)24-14-18-9-4-3-5-10-18/h3-5,9-13,16-17,24H,6-8,14-15H2,1-2H3/t16-,17-/m1/s1. The van der Waals surface area contributed by atoms with Gasteiger partial charge in [0.1, 0.15) is 5.69 Å². The van der Waals surface area contributed by atoms with Crippen molar-refractivity contribution in [1.29, 1.82) is 0 Å². The van der Waals surface area contributed by atoms with Gasteiger partial charge in [0.15, 0.2) is 6.61 Å². The summed E-state index contributed by atoms with van der Waals surface area (Å²) in [5, 5.41) is 14.5. The Bertz CT molecular complexity index is 937. The van der Waals surface area contributed by atoms with Gasteiger partial charge in [-0.3, -0.25) is 14.9 Å². The van der Waals surface area contributed by atoms with Gasteiger partial charge < -0.3 is 15.0 Å². The molecular formula is C23H27N3O5. The summed E-state index contributed by atoms with van der Waals surface area (Å²) >= 11 is 0. The number of hydrogen-bond acceptors (Lipinski definition) is 6. The van der Waals surface area contributed by atoms with Crippen molar-refractivity contribution in [2.24, 2.45) is 0 Å². The molecule has 0 unspecified atom stereocenters. The molecule has 0 aromatic heterocycles. The lowest BCUT2D eigenvalue weighted by Gasteiger charge is -2.38. The van der Waals surface area contributed by atoms with Crippen LogP contribution in [0.2, 0.25) is 0 Å². The Kier molecular flexibility index (Phi) is 7.23. The number of carbonyl (C=O) groups excluding carboxylic acids is 2. The fourth-order valence-corrected chi connectivity index (χ4v) is 3.95. The number of rotatable bonds is 7. The van der Waals surface area contributed by atoms with Crippen molar-refractivity contribution in [3.63, 3.8) is 0 Å². The number of ether oxygens (including phenoxy) is 1. The lowest BCUT2D eigenvalue weighted by molar-refractivity contribution is -0.384. The normalized spacial score (nSPS) is 18.3. The first-order valence-electron chi connectivity index (χ1n) is 10.4. The van der Waals surface area contributed by atoms with Crippen molar-refractivity contribution < 1.29 is 19.2 Å². The maximum Gasteiger partial charge on any atom is 0.338 e. The summed E-state index contributed by atoms with van der Waals surface area (Å²) in [4.78, 5) is 37.7. The monoisotopic (exact) mass is 425 g/mol. The summed E-state index contributed by atoms with van der Waals surface area (Å²) in [5.74, 6) is -1.01. The second-order valence-corrected chi connectivity index (χ2v) is 7.83. The topological polar surface area (TPSA) is 102 Å². The molecule has 31 heavy (non-hydrogen) atoms. The summed E-state index contributed by atoms with van der Waals surface area (Å²) < 4.78 is 5.17. The Hall–Kier alpha value is -3.42. The van der Waals surface area contributed by atoms with Crippen LogP contribution in [0.25, 0.3) is 0 Å². The zero-order valence-electron chi connectivity index (χ0n) is 17.7. The van der Waals surface area contributed by atoms with Crippen LogP contribution in [0.1, 0.15) is 49.0 Å². The summed E-state index contributed by atoms with van der Waals surface area (Å²) in [6.07, 6.45) is 2.92. The number of benzene rings is 2. The summed E-state index contributed by atoms with van der Waals surface area (Å²) in [5.41, 5.74) is 1.08. The molecule has 1 fully saturated rings. The molecule has 0 bridgehead atoms. The molecule has 3 rings (SSSR count). The fraction of sp³-hybridized carbons (Fsp3) is 0.391. The van der Waals surface area contributed by atoms with E-state index in [2.05, 4.69) is 5.32 Å². The molecule has 2 atom stereocenters. The molecule has 164 valence electrons. The van der Waals surface area contributed by atoms with Gasteiger partial charge in [-0.05, 0) is 50.8 Å². The van der Waals surface area contributed by atoms with E-state index < -0.39 is 10.9 Å². The Balaban J connectivity index is 1.65. The van der Waals surface area contributed by atoms with Crippen molar-refractivity contribution in [3.05, 3.63) is 69.8 Å². The summed E-state index contributed by atoms with van der Waals surface area (Å²) in [6, 6.07) is 13.8. The second kappa shape index (κ2) is 10.1. The molecule has 1 heterocycles. The summed E-state index contributed by atoms with van der Waals surface area (Å²) in [6.45, 7) is 4.00. The first-order chi connectivity index (χ1) is 14.9. The fourth-order valence-electron chi connectivity index (χ4n) is 3.95. The molecule has 8 heteroatoms. The molecule has 0 aliphatic carbocycles. The molecule has 2 aromatic rings. The van der Waals surface area contributed by atoms with Crippen LogP contribution in [0, 0.1) is 10.1 Å². The van der Waals surface area contributed by atoms with Gasteiger partial charge in [-0.2, -0.15) is 0 Å². The molecule has 1 amide bonds. The van der Waals surface area contributed by atoms with E-state index in [4.69, 9.17) is 4.74 Å². The van der Waals surface area contributed by atoms with Crippen LogP contribution in [0.15, 0.2) is 48.5 Å². The predicted octanol–water partition coefficient (Wildman–Crippen LogP) is 4.15. The highest BCUT2D eigenvalue weighted by atomic mass is 16.6. The highest BCUT2D eigenvalue weighted by Gasteiger charge is 2.29. The van der Waals surface area contributed by atoms with Crippen LogP contribution in [-0.2, 0) is 16.1 Å². The smallest absolute Gasteiger partial charge is 0.338 e. The summed E-state index contributed by atoms with van der Waals surface area (Å²) in [7, 11) is 0. The number of piperidine rings is 1. The maximum absolute atomic E-state index is 12.5. The third-order valence-corrected chi connectivity index (χ3v) is 5.56. The minimum absolute atomic E-state index is 0.0319. The number of hydrogen-bond donors (Lipinski definition) is 1. The first-order valence-corrected chi connectivity index (χ1v) is 10.4. The third-order valence-electron chi connectivity index (χ3n) is 5.56. The van der Waals surface area contributed by atoms with Crippen LogP contribution in [-0.4, -0.2) is 40.4 Å². The van der Waals surface area contributed by atoms with Crippen LogP contribution < -0.4 is 5.32 Å². The average molecular weight is 425 g/mol. The molecule has 8 nitrogen and oxygen atoms in total. The zero-order chi connectivity index (χ0) is 22.4. The number of anilines is 1. The minimum Gasteiger partial charge on any atom is -0.452 e. The molecule has 1 aliphatic heterocycles. The van der Waals surface area contributed by atoms with Crippen molar-refractivity contribution in [2.75, 3.05) is 11.9 Å². The number of nitrogens with one attached hydrogen (secondary N) is 1. The molecule has 1 aliphatic rings. The van der Waals surface area contributed by atoms with Gasteiger partial charge in [0.2, 0.25) is 0 Å². The Labute approximate surface area is 181 Å². The molecule has 2 aromatic carbocycles. The molecule has 0 spiro atoms. The third kappa shape index (κ3) is 5.59. The van der Waals surface area contributed by atoms with Crippen molar-refractivity contribution >= 4 is 23.3 Å². The Morgan fingerprint density at radius 1 is 1.13 bits per heavy atom.